The second kappa shape index (κ2) is 5.90. The number of ether oxygens (including phenoxy) is 1. The van der Waals surface area contributed by atoms with Gasteiger partial charge in [-0.05, 0) is 37.6 Å². The molecule has 1 aromatic carbocycles. The van der Waals surface area contributed by atoms with E-state index in [1.807, 2.05) is 12.3 Å². The summed E-state index contributed by atoms with van der Waals surface area (Å²) in [6.07, 6.45) is 3.35. The van der Waals surface area contributed by atoms with Gasteiger partial charge in [-0.1, -0.05) is 25.1 Å². The van der Waals surface area contributed by atoms with Gasteiger partial charge in [0, 0.05) is 23.5 Å². The van der Waals surface area contributed by atoms with Gasteiger partial charge < -0.3 is 10.1 Å². The van der Waals surface area contributed by atoms with Crippen LogP contribution in [0, 0.1) is 5.92 Å². The van der Waals surface area contributed by atoms with Gasteiger partial charge in [-0.3, -0.25) is 4.98 Å². The molecule has 0 spiro atoms. The van der Waals surface area contributed by atoms with Crippen molar-refractivity contribution in [1.82, 2.24) is 10.3 Å². The molecular weight excluding hydrogens is 248 g/mol. The fourth-order valence-electron chi connectivity index (χ4n) is 3.23. The third kappa shape index (κ3) is 2.56. The van der Waals surface area contributed by atoms with Crippen molar-refractivity contribution in [3.8, 4) is 0 Å². The molecule has 0 aliphatic carbocycles. The number of nitrogens with one attached hydrogen (secondary N) is 1. The van der Waals surface area contributed by atoms with Crippen LogP contribution in [-0.4, -0.2) is 24.2 Å². The van der Waals surface area contributed by atoms with Crippen molar-refractivity contribution in [2.24, 2.45) is 5.92 Å². The van der Waals surface area contributed by atoms with Crippen LogP contribution in [0.15, 0.2) is 36.5 Å². The van der Waals surface area contributed by atoms with E-state index in [9.17, 15) is 0 Å². The van der Waals surface area contributed by atoms with Crippen LogP contribution in [0.4, 0.5) is 0 Å². The second-order valence-electron chi connectivity index (χ2n) is 5.59. The number of nitrogens with zero attached hydrogens (tertiary/aromatic N) is 1. The molecule has 0 amide bonds. The lowest BCUT2D eigenvalue weighted by Gasteiger charge is -2.25. The van der Waals surface area contributed by atoms with Crippen molar-refractivity contribution in [3.05, 3.63) is 42.1 Å². The van der Waals surface area contributed by atoms with Crippen molar-refractivity contribution in [2.45, 2.75) is 32.4 Å². The zero-order chi connectivity index (χ0) is 13.9. The maximum atomic E-state index is 5.77. The number of fused-ring (bicyclic) bond motifs is 1. The standard InChI is InChI=1S/C17H22N2O/c1-3-18-17(13-10-12(2)20-11-13)15-6-4-8-16-14(15)7-5-9-19-16/h4-9,12-13,17-18H,3,10-11H2,1-2H3. The summed E-state index contributed by atoms with van der Waals surface area (Å²) >= 11 is 0. The molecule has 1 saturated heterocycles. The Morgan fingerprint density at radius 2 is 2.25 bits per heavy atom. The highest BCUT2D eigenvalue weighted by atomic mass is 16.5. The minimum Gasteiger partial charge on any atom is -0.378 e. The van der Waals surface area contributed by atoms with E-state index in [1.165, 1.54) is 10.9 Å². The number of benzene rings is 1. The minimum absolute atomic E-state index is 0.345. The maximum absolute atomic E-state index is 5.77. The van der Waals surface area contributed by atoms with Gasteiger partial charge >= 0.3 is 0 Å². The Bertz CT molecular complexity index is 579. The molecule has 1 N–H and O–H groups in total. The van der Waals surface area contributed by atoms with Gasteiger partial charge in [-0.15, -0.1) is 0 Å². The monoisotopic (exact) mass is 270 g/mol. The Morgan fingerprint density at radius 1 is 1.35 bits per heavy atom. The topological polar surface area (TPSA) is 34.2 Å². The van der Waals surface area contributed by atoms with E-state index < -0.39 is 0 Å². The molecule has 3 nitrogen and oxygen atoms in total. The van der Waals surface area contributed by atoms with Crippen molar-refractivity contribution in [3.63, 3.8) is 0 Å². The minimum atomic E-state index is 0.345. The SMILES string of the molecule is CCNC(c1cccc2ncccc12)C1COC(C)C1. The van der Waals surface area contributed by atoms with Crippen molar-refractivity contribution in [1.29, 1.82) is 0 Å². The predicted molar refractivity (Wildman–Crippen MR) is 81.7 cm³/mol. The summed E-state index contributed by atoms with van der Waals surface area (Å²) in [5.74, 6) is 0.538. The first-order valence-corrected chi connectivity index (χ1v) is 7.48. The van der Waals surface area contributed by atoms with E-state index in [1.54, 1.807) is 0 Å². The van der Waals surface area contributed by atoms with E-state index in [4.69, 9.17) is 4.74 Å². The number of aromatic nitrogens is 1. The lowest BCUT2D eigenvalue weighted by Crippen LogP contribution is -2.29. The molecule has 2 heterocycles. The maximum Gasteiger partial charge on any atom is 0.0705 e. The first-order valence-electron chi connectivity index (χ1n) is 7.48. The molecule has 20 heavy (non-hydrogen) atoms. The molecule has 1 fully saturated rings. The van der Waals surface area contributed by atoms with Crippen LogP contribution in [0.1, 0.15) is 31.9 Å². The summed E-state index contributed by atoms with van der Waals surface area (Å²) in [5.41, 5.74) is 2.42. The highest BCUT2D eigenvalue weighted by Crippen LogP contribution is 2.34. The molecule has 3 atom stereocenters. The molecule has 0 radical (unpaired) electrons. The first-order chi connectivity index (χ1) is 9.79. The third-order valence-electron chi connectivity index (χ3n) is 4.14. The zero-order valence-electron chi connectivity index (χ0n) is 12.2. The van der Waals surface area contributed by atoms with Crippen molar-refractivity contribution in [2.75, 3.05) is 13.2 Å². The lowest BCUT2D eigenvalue weighted by atomic mass is 9.89. The lowest BCUT2D eigenvalue weighted by molar-refractivity contribution is 0.117. The van der Waals surface area contributed by atoms with Crippen LogP contribution < -0.4 is 5.32 Å². The summed E-state index contributed by atoms with van der Waals surface area (Å²) < 4.78 is 5.77. The van der Waals surface area contributed by atoms with E-state index in [0.717, 1.165) is 25.1 Å². The molecule has 0 saturated carbocycles. The predicted octanol–water partition coefficient (Wildman–Crippen LogP) is 3.31. The number of rotatable bonds is 4. The van der Waals surface area contributed by atoms with Gasteiger partial charge in [0.25, 0.3) is 0 Å². The highest BCUT2D eigenvalue weighted by molar-refractivity contribution is 5.82. The summed E-state index contributed by atoms with van der Waals surface area (Å²) in [4.78, 5) is 4.47. The normalized spacial score (nSPS) is 24.1. The van der Waals surface area contributed by atoms with Crippen molar-refractivity contribution >= 4 is 10.9 Å². The molecule has 1 aliphatic rings. The van der Waals surface area contributed by atoms with Crippen LogP contribution in [-0.2, 0) is 4.74 Å². The average Bonchev–Trinajstić information content (AvgIpc) is 2.91. The van der Waals surface area contributed by atoms with Gasteiger partial charge in [0.05, 0.1) is 18.2 Å². The number of hydrogen-bond donors (Lipinski definition) is 1. The molecule has 3 heteroatoms. The highest BCUT2D eigenvalue weighted by Gasteiger charge is 2.30. The molecule has 3 unspecified atom stereocenters. The largest absolute Gasteiger partial charge is 0.378 e. The third-order valence-corrected chi connectivity index (χ3v) is 4.14. The molecule has 2 aromatic rings. The molecule has 106 valence electrons. The van der Waals surface area contributed by atoms with Crippen LogP contribution >= 0.6 is 0 Å². The molecular formula is C17H22N2O. The molecule has 1 aromatic heterocycles. The number of hydrogen-bond acceptors (Lipinski definition) is 3. The zero-order valence-corrected chi connectivity index (χ0v) is 12.2. The summed E-state index contributed by atoms with van der Waals surface area (Å²) in [7, 11) is 0. The summed E-state index contributed by atoms with van der Waals surface area (Å²) in [6.45, 7) is 6.13. The fourth-order valence-corrected chi connectivity index (χ4v) is 3.23. The molecule has 3 rings (SSSR count). The van der Waals surface area contributed by atoms with E-state index in [0.29, 0.717) is 18.1 Å². The van der Waals surface area contributed by atoms with Crippen LogP contribution in [0.2, 0.25) is 0 Å². The summed E-state index contributed by atoms with van der Waals surface area (Å²) in [6, 6.07) is 10.9. The quantitative estimate of drug-likeness (QED) is 0.925. The Kier molecular flexibility index (Phi) is 3.99. The Balaban J connectivity index is 2.01. The molecule has 1 aliphatic heterocycles. The van der Waals surface area contributed by atoms with Gasteiger partial charge in [-0.2, -0.15) is 0 Å². The Morgan fingerprint density at radius 3 is 3.00 bits per heavy atom. The Hall–Kier alpha value is -1.45. The first kappa shape index (κ1) is 13.5. The summed E-state index contributed by atoms with van der Waals surface area (Å²) in [5, 5.41) is 4.90. The van der Waals surface area contributed by atoms with Crippen molar-refractivity contribution < 1.29 is 4.74 Å². The average molecular weight is 270 g/mol. The van der Waals surface area contributed by atoms with Crippen LogP contribution in [0.25, 0.3) is 10.9 Å². The van der Waals surface area contributed by atoms with Gasteiger partial charge in [0.2, 0.25) is 0 Å². The second-order valence-corrected chi connectivity index (χ2v) is 5.59. The Labute approximate surface area is 120 Å². The van der Waals surface area contributed by atoms with Gasteiger partial charge in [0.1, 0.15) is 0 Å². The number of pyridine rings is 1. The van der Waals surface area contributed by atoms with Gasteiger partial charge in [-0.25, -0.2) is 0 Å². The smallest absolute Gasteiger partial charge is 0.0705 e. The fraction of sp³-hybridized carbons (Fsp3) is 0.471. The van der Waals surface area contributed by atoms with Gasteiger partial charge in [0.15, 0.2) is 0 Å². The van der Waals surface area contributed by atoms with Crippen LogP contribution in [0.5, 0.6) is 0 Å². The molecule has 0 bridgehead atoms. The van der Waals surface area contributed by atoms with E-state index in [-0.39, 0.29) is 0 Å². The van der Waals surface area contributed by atoms with E-state index >= 15 is 0 Å². The van der Waals surface area contributed by atoms with E-state index in [2.05, 4.69) is 48.4 Å². The van der Waals surface area contributed by atoms with Crippen LogP contribution in [0.3, 0.4) is 0 Å².